The van der Waals surface area contributed by atoms with Crippen molar-refractivity contribution in [3.05, 3.63) is 44.6 Å². The van der Waals surface area contributed by atoms with Gasteiger partial charge >= 0.3 is 0 Å². The largest absolute Gasteiger partial charge is 0.378 e. The van der Waals surface area contributed by atoms with Crippen LogP contribution in [-0.4, -0.2) is 56.2 Å². The maximum absolute atomic E-state index is 13.2. The van der Waals surface area contributed by atoms with Crippen molar-refractivity contribution in [2.75, 3.05) is 43.2 Å². The van der Waals surface area contributed by atoms with Crippen LogP contribution < -0.4 is 15.5 Å². The van der Waals surface area contributed by atoms with E-state index in [1.54, 1.807) is 23.1 Å². The molecule has 3 amide bonds. The number of anilines is 2. The number of amides is 3. The summed E-state index contributed by atoms with van der Waals surface area (Å²) in [6.07, 6.45) is 0.385. The summed E-state index contributed by atoms with van der Waals surface area (Å²) in [6.45, 7) is 3.44. The molecule has 1 aromatic carbocycles. The molecule has 164 valence electrons. The zero-order valence-corrected chi connectivity index (χ0v) is 19.3. The molecule has 2 aliphatic heterocycles. The van der Waals surface area contributed by atoms with Gasteiger partial charge in [-0.3, -0.25) is 14.4 Å². The number of carbonyl (C=O) groups is 3. The van der Waals surface area contributed by atoms with Crippen LogP contribution in [0.2, 0.25) is 0 Å². The molecule has 2 aromatic rings. The number of morpholine rings is 1. The van der Waals surface area contributed by atoms with Crippen LogP contribution in [0.4, 0.5) is 11.4 Å². The number of nitrogens with one attached hydrogen (secondary N) is 2. The smallest absolute Gasteiger partial charge is 0.262 e. The van der Waals surface area contributed by atoms with Crippen molar-refractivity contribution in [1.82, 2.24) is 5.32 Å². The van der Waals surface area contributed by atoms with Gasteiger partial charge in [-0.15, -0.1) is 11.3 Å². The molecule has 3 heterocycles. The fraction of sp³-hybridized carbons (Fsp3) is 0.381. The lowest BCUT2D eigenvalue weighted by molar-refractivity contribution is -0.125. The van der Waals surface area contributed by atoms with E-state index in [-0.39, 0.29) is 30.9 Å². The van der Waals surface area contributed by atoms with E-state index in [1.165, 1.54) is 11.3 Å². The molecule has 0 spiro atoms. The second-order valence-corrected chi connectivity index (χ2v) is 9.96. The van der Waals surface area contributed by atoms with E-state index in [1.807, 2.05) is 19.1 Å². The van der Waals surface area contributed by atoms with Crippen LogP contribution in [0.1, 0.15) is 21.7 Å². The lowest BCUT2D eigenvalue weighted by Crippen LogP contribution is -2.57. The predicted molar refractivity (Wildman–Crippen MR) is 121 cm³/mol. The number of rotatable bonds is 5. The quantitative estimate of drug-likeness (QED) is 0.648. The molecule has 31 heavy (non-hydrogen) atoms. The van der Waals surface area contributed by atoms with E-state index < -0.39 is 5.54 Å². The first-order valence-electron chi connectivity index (χ1n) is 9.84. The van der Waals surface area contributed by atoms with Crippen molar-refractivity contribution < 1.29 is 23.9 Å². The van der Waals surface area contributed by atoms with Crippen LogP contribution in [0, 0.1) is 6.92 Å². The SMILES string of the molecule is Cc1cc(NC(=O)[C@@]2(NC(=O)c3ccc(Br)s3)CCOC2)ccc1N1CCOCC1=O. The number of halogens is 1. The molecule has 4 rings (SSSR count). The molecule has 2 N–H and O–H groups in total. The van der Waals surface area contributed by atoms with Crippen LogP contribution >= 0.6 is 27.3 Å². The van der Waals surface area contributed by atoms with E-state index in [0.29, 0.717) is 36.7 Å². The van der Waals surface area contributed by atoms with Gasteiger partial charge in [0.25, 0.3) is 17.7 Å². The van der Waals surface area contributed by atoms with Crippen LogP contribution in [0.3, 0.4) is 0 Å². The summed E-state index contributed by atoms with van der Waals surface area (Å²) in [4.78, 5) is 40.2. The Hall–Kier alpha value is -2.27. The highest BCUT2D eigenvalue weighted by Crippen LogP contribution is 2.28. The summed E-state index contributed by atoms with van der Waals surface area (Å²) in [5.74, 6) is -0.728. The molecule has 0 aliphatic carbocycles. The third-order valence-electron chi connectivity index (χ3n) is 5.34. The van der Waals surface area contributed by atoms with Gasteiger partial charge in [0.15, 0.2) is 0 Å². The number of benzene rings is 1. The standard InChI is InChI=1S/C21H22BrN3O5S/c1-13-10-14(2-3-15(13)25-7-9-29-11-18(25)26)23-20(28)21(6-8-30-12-21)24-19(27)16-4-5-17(22)31-16/h2-5,10H,6-9,11-12H2,1H3,(H,23,28)(H,24,27)/t21-/m1/s1. The number of thiophene rings is 1. The van der Waals surface area contributed by atoms with E-state index in [9.17, 15) is 14.4 Å². The van der Waals surface area contributed by atoms with Crippen LogP contribution in [0.5, 0.6) is 0 Å². The molecule has 2 aliphatic rings. The van der Waals surface area contributed by atoms with Crippen molar-refractivity contribution in [2.24, 2.45) is 0 Å². The molecule has 1 aromatic heterocycles. The minimum Gasteiger partial charge on any atom is -0.378 e. The van der Waals surface area contributed by atoms with Gasteiger partial charge in [0.1, 0.15) is 12.1 Å². The van der Waals surface area contributed by atoms with Gasteiger partial charge in [-0.25, -0.2) is 0 Å². The topological polar surface area (TPSA) is 97.0 Å². The number of nitrogens with zero attached hydrogens (tertiary/aromatic N) is 1. The van der Waals surface area contributed by atoms with Crippen molar-refractivity contribution >= 4 is 56.4 Å². The average molecular weight is 508 g/mol. The fourth-order valence-corrected chi connectivity index (χ4v) is 4.96. The van der Waals surface area contributed by atoms with Crippen molar-refractivity contribution in [3.63, 3.8) is 0 Å². The number of hydrogen-bond donors (Lipinski definition) is 2. The van der Waals surface area contributed by atoms with Crippen LogP contribution in [0.15, 0.2) is 34.1 Å². The average Bonchev–Trinajstić information content (AvgIpc) is 3.39. The lowest BCUT2D eigenvalue weighted by atomic mass is 9.96. The maximum Gasteiger partial charge on any atom is 0.262 e. The minimum atomic E-state index is -1.14. The zero-order valence-electron chi connectivity index (χ0n) is 16.9. The summed E-state index contributed by atoms with van der Waals surface area (Å²) in [5.41, 5.74) is 1.10. The molecule has 2 saturated heterocycles. The van der Waals surface area contributed by atoms with Gasteiger partial charge in [-0.2, -0.15) is 0 Å². The van der Waals surface area contributed by atoms with Crippen molar-refractivity contribution in [2.45, 2.75) is 18.9 Å². The van der Waals surface area contributed by atoms with E-state index in [4.69, 9.17) is 9.47 Å². The number of ether oxygens (including phenoxy) is 2. The molecule has 0 unspecified atom stereocenters. The highest BCUT2D eigenvalue weighted by molar-refractivity contribution is 9.11. The van der Waals surface area contributed by atoms with Gasteiger partial charge < -0.3 is 25.0 Å². The highest BCUT2D eigenvalue weighted by Gasteiger charge is 2.44. The first-order chi connectivity index (χ1) is 14.9. The van der Waals surface area contributed by atoms with E-state index >= 15 is 0 Å². The normalized spacial score (nSPS) is 21.2. The van der Waals surface area contributed by atoms with Crippen molar-refractivity contribution in [3.8, 4) is 0 Å². The molecular formula is C21H22BrN3O5S. The molecule has 2 fully saturated rings. The third-order valence-corrected chi connectivity index (χ3v) is 6.96. The van der Waals surface area contributed by atoms with Crippen LogP contribution in [0.25, 0.3) is 0 Å². The molecule has 8 nitrogen and oxygen atoms in total. The maximum atomic E-state index is 13.2. The first kappa shape index (κ1) is 21.9. The number of hydrogen-bond acceptors (Lipinski definition) is 6. The van der Waals surface area contributed by atoms with Gasteiger partial charge in [0.05, 0.1) is 21.9 Å². The Morgan fingerprint density at radius 3 is 2.68 bits per heavy atom. The second-order valence-electron chi connectivity index (χ2n) is 7.50. The lowest BCUT2D eigenvalue weighted by Gasteiger charge is -2.29. The summed E-state index contributed by atoms with van der Waals surface area (Å²) >= 11 is 4.65. The Bertz CT molecular complexity index is 1020. The highest BCUT2D eigenvalue weighted by atomic mass is 79.9. The van der Waals surface area contributed by atoms with Gasteiger partial charge in [-0.1, -0.05) is 0 Å². The predicted octanol–water partition coefficient (Wildman–Crippen LogP) is 2.71. The summed E-state index contributed by atoms with van der Waals surface area (Å²) in [5, 5.41) is 5.77. The molecule has 0 radical (unpaired) electrons. The Balaban J connectivity index is 1.49. The Kier molecular flexibility index (Phi) is 6.42. The van der Waals surface area contributed by atoms with E-state index in [2.05, 4.69) is 26.6 Å². The minimum absolute atomic E-state index is 0.0704. The van der Waals surface area contributed by atoms with Gasteiger partial charge in [-0.05, 0) is 58.7 Å². The molecule has 0 saturated carbocycles. The molecular weight excluding hydrogens is 486 g/mol. The van der Waals surface area contributed by atoms with E-state index in [0.717, 1.165) is 15.0 Å². The fourth-order valence-electron chi connectivity index (χ4n) is 3.67. The monoisotopic (exact) mass is 507 g/mol. The molecule has 0 bridgehead atoms. The van der Waals surface area contributed by atoms with Crippen molar-refractivity contribution in [1.29, 1.82) is 0 Å². The van der Waals surface area contributed by atoms with Gasteiger partial charge in [0, 0.05) is 30.9 Å². The molecule has 1 atom stereocenters. The Morgan fingerprint density at radius 2 is 2.03 bits per heavy atom. The number of aryl methyl sites for hydroxylation is 1. The first-order valence-corrected chi connectivity index (χ1v) is 11.4. The Morgan fingerprint density at radius 1 is 1.19 bits per heavy atom. The summed E-state index contributed by atoms with van der Waals surface area (Å²) in [6, 6.07) is 8.89. The summed E-state index contributed by atoms with van der Waals surface area (Å²) in [7, 11) is 0. The Labute approximate surface area is 192 Å². The zero-order chi connectivity index (χ0) is 22.0. The second kappa shape index (κ2) is 9.07. The van der Waals surface area contributed by atoms with Crippen LogP contribution in [-0.2, 0) is 19.1 Å². The third kappa shape index (κ3) is 4.67. The summed E-state index contributed by atoms with van der Waals surface area (Å²) < 4.78 is 11.5. The van der Waals surface area contributed by atoms with Gasteiger partial charge in [0.2, 0.25) is 0 Å². The number of carbonyl (C=O) groups excluding carboxylic acids is 3. The molecule has 10 heteroatoms.